The molecule has 0 aliphatic rings. The second kappa shape index (κ2) is 6.58. The molecule has 0 atom stereocenters. The number of rotatable bonds is 6. The Morgan fingerprint density at radius 2 is 2.21 bits per heavy atom. The van der Waals surface area contributed by atoms with Gasteiger partial charge in [0.2, 0.25) is 5.91 Å². The Hall–Kier alpha value is -2.31. The van der Waals surface area contributed by atoms with Gasteiger partial charge in [-0.25, -0.2) is 0 Å². The molecule has 0 aromatic heterocycles. The maximum Gasteiger partial charge on any atom is 0.333 e. The molecule has 1 rings (SSSR count). The van der Waals surface area contributed by atoms with Gasteiger partial charge in [-0.1, -0.05) is 6.07 Å². The summed E-state index contributed by atoms with van der Waals surface area (Å²) in [6.07, 6.45) is 0. The van der Waals surface area contributed by atoms with Crippen LogP contribution in [-0.4, -0.2) is 43.0 Å². The molecule has 0 radical (unpaired) electrons. The van der Waals surface area contributed by atoms with Crippen LogP contribution in [0.15, 0.2) is 18.2 Å². The van der Waals surface area contributed by atoms with Gasteiger partial charge in [-0.3, -0.25) is 14.9 Å². The molecule has 7 heteroatoms. The van der Waals surface area contributed by atoms with Gasteiger partial charge in [0.05, 0.1) is 18.6 Å². The molecule has 0 aliphatic heterocycles. The average molecular weight is 267 g/mol. The zero-order valence-corrected chi connectivity index (χ0v) is 11.2. The Labute approximate surface area is 111 Å². The van der Waals surface area contributed by atoms with Crippen molar-refractivity contribution in [2.75, 3.05) is 32.6 Å². The summed E-state index contributed by atoms with van der Waals surface area (Å²) in [4.78, 5) is 23.7. The Bertz CT molecular complexity index is 476. The minimum atomic E-state index is -0.533. The molecule has 1 aromatic rings. The fourth-order valence-corrected chi connectivity index (χ4v) is 1.50. The number of benzene rings is 1. The summed E-state index contributed by atoms with van der Waals surface area (Å²) >= 11 is 0. The van der Waals surface area contributed by atoms with Crippen LogP contribution in [0.5, 0.6) is 5.75 Å². The lowest BCUT2D eigenvalue weighted by Gasteiger charge is -2.15. The molecule has 1 aromatic carbocycles. The van der Waals surface area contributed by atoms with Crippen LogP contribution in [-0.2, 0) is 4.79 Å². The van der Waals surface area contributed by atoms with E-state index in [1.807, 2.05) is 6.92 Å². The maximum absolute atomic E-state index is 11.6. The highest BCUT2D eigenvalue weighted by Gasteiger charge is 2.20. The molecule has 0 saturated heterocycles. The first-order chi connectivity index (χ1) is 9.01. The van der Waals surface area contributed by atoms with E-state index in [0.717, 1.165) is 0 Å². The van der Waals surface area contributed by atoms with Crippen LogP contribution in [0.4, 0.5) is 11.4 Å². The number of nitrogens with zero attached hydrogens (tertiary/aromatic N) is 2. The van der Waals surface area contributed by atoms with Gasteiger partial charge in [-0.15, -0.1) is 0 Å². The topological polar surface area (TPSA) is 84.7 Å². The first-order valence-electron chi connectivity index (χ1n) is 5.80. The number of methoxy groups -OCH3 is 1. The minimum absolute atomic E-state index is 0.00164. The van der Waals surface area contributed by atoms with Gasteiger partial charge in [0, 0.05) is 13.6 Å². The van der Waals surface area contributed by atoms with E-state index in [9.17, 15) is 14.9 Å². The third-order valence-corrected chi connectivity index (χ3v) is 2.73. The number of nitro benzene ring substituents is 1. The van der Waals surface area contributed by atoms with Crippen molar-refractivity contribution in [1.29, 1.82) is 0 Å². The summed E-state index contributed by atoms with van der Waals surface area (Å²) in [6.45, 7) is 2.44. The molecule has 7 nitrogen and oxygen atoms in total. The number of para-hydroxylation sites is 1. The van der Waals surface area contributed by atoms with Crippen molar-refractivity contribution >= 4 is 17.3 Å². The molecular weight excluding hydrogens is 250 g/mol. The molecular formula is C12H17N3O4. The Morgan fingerprint density at radius 3 is 2.74 bits per heavy atom. The zero-order valence-electron chi connectivity index (χ0n) is 11.2. The van der Waals surface area contributed by atoms with Crippen molar-refractivity contribution in [3.8, 4) is 5.75 Å². The summed E-state index contributed by atoms with van der Waals surface area (Å²) in [5.41, 5.74) is 0.0964. The number of hydrogen-bond donors (Lipinski definition) is 1. The molecule has 0 fully saturated rings. The molecule has 0 aliphatic carbocycles. The first kappa shape index (κ1) is 14.7. The van der Waals surface area contributed by atoms with E-state index in [4.69, 9.17) is 4.74 Å². The monoisotopic (exact) mass is 267 g/mol. The molecule has 0 saturated carbocycles. The molecule has 19 heavy (non-hydrogen) atoms. The van der Waals surface area contributed by atoms with Gasteiger partial charge >= 0.3 is 5.69 Å². The molecule has 1 amide bonds. The quantitative estimate of drug-likeness (QED) is 0.623. The third kappa shape index (κ3) is 3.57. The van der Waals surface area contributed by atoms with Crippen LogP contribution in [0.1, 0.15) is 6.92 Å². The van der Waals surface area contributed by atoms with E-state index in [1.165, 1.54) is 18.1 Å². The molecule has 0 bridgehead atoms. The summed E-state index contributed by atoms with van der Waals surface area (Å²) in [5, 5.41) is 13.8. The van der Waals surface area contributed by atoms with Crippen LogP contribution in [0, 0.1) is 10.1 Å². The Morgan fingerprint density at radius 1 is 1.53 bits per heavy atom. The number of nitrogens with one attached hydrogen (secondary N) is 1. The van der Waals surface area contributed by atoms with Crippen LogP contribution in [0.3, 0.4) is 0 Å². The Balaban J connectivity index is 2.89. The standard InChI is InChI=1S/C12H17N3O4/c1-4-14(2)11(16)8-13-9-6-5-7-10(19-3)12(9)15(17)18/h5-7,13H,4,8H2,1-3H3. The smallest absolute Gasteiger partial charge is 0.333 e. The van der Waals surface area contributed by atoms with E-state index in [-0.39, 0.29) is 29.6 Å². The largest absolute Gasteiger partial charge is 0.490 e. The predicted octanol–water partition coefficient (Wildman–Crippen LogP) is 1.49. The van der Waals surface area contributed by atoms with Crippen molar-refractivity contribution in [2.45, 2.75) is 6.92 Å². The fourth-order valence-electron chi connectivity index (χ4n) is 1.50. The third-order valence-electron chi connectivity index (χ3n) is 2.73. The van der Waals surface area contributed by atoms with Crippen molar-refractivity contribution in [1.82, 2.24) is 4.90 Å². The van der Waals surface area contributed by atoms with E-state index in [2.05, 4.69) is 5.32 Å². The summed E-state index contributed by atoms with van der Waals surface area (Å²) < 4.78 is 4.95. The summed E-state index contributed by atoms with van der Waals surface area (Å²) in [5.74, 6) is 0.0194. The first-order valence-corrected chi connectivity index (χ1v) is 5.80. The number of carbonyl (C=O) groups is 1. The highest BCUT2D eigenvalue weighted by molar-refractivity contribution is 5.82. The number of ether oxygens (including phenoxy) is 1. The molecule has 0 spiro atoms. The van der Waals surface area contributed by atoms with Crippen LogP contribution >= 0.6 is 0 Å². The number of anilines is 1. The van der Waals surface area contributed by atoms with Gasteiger partial charge < -0.3 is 15.0 Å². The van der Waals surface area contributed by atoms with Crippen LogP contribution in [0.25, 0.3) is 0 Å². The van der Waals surface area contributed by atoms with E-state index < -0.39 is 4.92 Å². The Kier molecular flexibility index (Phi) is 5.11. The van der Waals surface area contributed by atoms with Crippen molar-refractivity contribution < 1.29 is 14.5 Å². The normalized spacial score (nSPS) is 9.84. The lowest BCUT2D eigenvalue weighted by atomic mass is 10.2. The fraction of sp³-hybridized carbons (Fsp3) is 0.417. The SMILES string of the molecule is CCN(C)C(=O)CNc1cccc(OC)c1[N+](=O)[O-]. The van der Waals surface area contributed by atoms with E-state index >= 15 is 0 Å². The lowest BCUT2D eigenvalue weighted by Crippen LogP contribution is -2.32. The number of amides is 1. The van der Waals surface area contributed by atoms with Crippen LogP contribution < -0.4 is 10.1 Å². The van der Waals surface area contributed by atoms with Crippen molar-refractivity contribution in [3.05, 3.63) is 28.3 Å². The molecule has 1 N–H and O–H groups in total. The van der Waals surface area contributed by atoms with Gasteiger partial charge in [0.25, 0.3) is 0 Å². The predicted molar refractivity (Wildman–Crippen MR) is 71.4 cm³/mol. The van der Waals surface area contributed by atoms with Crippen LogP contribution in [0.2, 0.25) is 0 Å². The van der Waals surface area contributed by atoms with E-state index in [1.54, 1.807) is 19.2 Å². The van der Waals surface area contributed by atoms with E-state index in [0.29, 0.717) is 6.54 Å². The van der Waals surface area contributed by atoms with Gasteiger partial charge in [-0.2, -0.15) is 0 Å². The molecule has 104 valence electrons. The van der Waals surface area contributed by atoms with Crippen molar-refractivity contribution in [3.63, 3.8) is 0 Å². The number of carbonyl (C=O) groups excluding carboxylic acids is 1. The zero-order chi connectivity index (χ0) is 14.4. The number of hydrogen-bond acceptors (Lipinski definition) is 5. The summed E-state index contributed by atoms with van der Waals surface area (Å²) in [6, 6.07) is 4.67. The minimum Gasteiger partial charge on any atom is -0.490 e. The second-order valence-electron chi connectivity index (χ2n) is 3.88. The lowest BCUT2D eigenvalue weighted by molar-refractivity contribution is -0.384. The maximum atomic E-state index is 11.6. The highest BCUT2D eigenvalue weighted by atomic mass is 16.6. The van der Waals surface area contributed by atoms with Gasteiger partial charge in [-0.05, 0) is 19.1 Å². The van der Waals surface area contributed by atoms with Gasteiger partial charge in [0.15, 0.2) is 5.75 Å². The molecule has 0 unspecified atom stereocenters. The molecule has 0 heterocycles. The highest BCUT2D eigenvalue weighted by Crippen LogP contribution is 2.34. The second-order valence-corrected chi connectivity index (χ2v) is 3.88. The number of nitro groups is 1. The van der Waals surface area contributed by atoms with Gasteiger partial charge in [0.1, 0.15) is 5.69 Å². The average Bonchev–Trinajstić information content (AvgIpc) is 2.42. The summed E-state index contributed by atoms with van der Waals surface area (Å²) in [7, 11) is 3.03. The van der Waals surface area contributed by atoms with Crippen molar-refractivity contribution in [2.24, 2.45) is 0 Å². The number of likely N-dealkylation sites (N-methyl/N-ethyl adjacent to an activating group) is 1.